The first kappa shape index (κ1) is 26.4. The Balaban J connectivity index is 1.46. The second kappa shape index (κ2) is 11.6. The summed E-state index contributed by atoms with van der Waals surface area (Å²) in [5.41, 5.74) is 1.56. The Bertz CT molecular complexity index is 1140. The molecule has 8 heteroatoms. The van der Waals surface area contributed by atoms with Crippen molar-refractivity contribution in [2.75, 3.05) is 11.4 Å². The molecule has 1 aliphatic heterocycles. The highest BCUT2D eigenvalue weighted by atomic mass is 16.4. The molecule has 3 N–H and O–H groups in total. The summed E-state index contributed by atoms with van der Waals surface area (Å²) in [5.74, 6) is -3.22. The number of nitrogens with zero attached hydrogens (tertiary/aromatic N) is 1. The van der Waals surface area contributed by atoms with Gasteiger partial charge in [0.15, 0.2) is 0 Å². The van der Waals surface area contributed by atoms with Gasteiger partial charge in [0, 0.05) is 11.1 Å². The van der Waals surface area contributed by atoms with Crippen LogP contribution < -0.4 is 10.2 Å². The van der Waals surface area contributed by atoms with Gasteiger partial charge in [0.25, 0.3) is 0 Å². The number of hydrogen-bond donors (Lipinski definition) is 3. The van der Waals surface area contributed by atoms with Crippen LogP contribution in [-0.2, 0) is 25.6 Å². The lowest BCUT2D eigenvalue weighted by Gasteiger charge is -2.31. The van der Waals surface area contributed by atoms with E-state index in [9.17, 15) is 29.4 Å². The zero-order valence-corrected chi connectivity index (χ0v) is 20.9. The van der Waals surface area contributed by atoms with Gasteiger partial charge < -0.3 is 15.5 Å². The van der Waals surface area contributed by atoms with Crippen LogP contribution in [0.15, 0.2) is 54.6 Å². The Labute approximate surface area is 216 Å². The van der Waals surface area contributed by atoms with Gasteiger partial charge in [-0.2, -0.15) is 0 Å². The summed E-state index contributed by atoms with van der Waals surface area (Å²) in [5, 5.41) is 22.2. The quantitative estimate of drug-likeness (QED) is 0.445. The number of aliphatic carboxylic acids is 2. The zero-order chi connectivity index (χ0) is 26.4. The molecule has 4 rings (SSSR count). The number of carboxylic acids is 2. The van der Waals surface area contributed by atoms with Gasteiger partial charge in [-0.3, -0.25) is 24.1 Å². The molecule has 0 radical (unpaired) electrons. The summed E-state index contributed by atoms with van der Waals surface area (Å²) in [6.07, 6.45) is 5.70. The molecule has 0 bridgehead atoms. The average molecular weight is 507 g/mol. The fraction of sp³-hybridized carbons (Fsp3) is 0.448. The summed E-state index contributed by atoms with van der Waals surface area (Å²) in [4.78, 5) is 51.8. The van der Waals surface area contributed by atoms with Crippen LogP contribution in [0.25, 0.3) is 0 Å². The van der Waals surface area contributed by atoms with Crippen molar-refractivity contribution in [2.45, 2.75) is 69.7 Å². The van der Waals surface area contributed by atoms with Crippen molar-refractivity contribution in [3.63, 3.8) is 0 Å². The standard InChI is InChI=1S/C29H34N2O6/c32-25(33)19-31-24-13-5-4-11-21(24)14-15-23(26(31)34)30-28(37)29(16-6-7-17-29)18-8-12-22(27(35)36)20-9-2-1-3-10-20/h1-5,9-11,13,22-23H,6-8,12,14-19H2,(H,30,37)(H,32,33)(H,35,36). The van der Waals surface area contributed by atoms with Crippen molar-refractivity contribution in [3.8, 4) is 0 Å². The fourth-order valence-electron chi connectivity index (χ4n) is 5.86. The van der Waals surface area contributed by atoms with Crippen LogP contribution in [-0.4, -0.2) is 46.6 Å². The minimum atomic E-state index is -1.12. The molecule has 1 aliphatic carbocycles. The van der Waals surface area contributed by atoms with E-state index in [4.69, 9.17) is 0 Å². The molecule has 1 heterocycles. The van der Waals surface area contributed by atoms with E-state index in [-0.39, 0.29) is 5.91 Å². The van der Waals surface area contributed by atoms with E-state index in [0.717, 1.165) is 24.0 Å². The fourth-order valence-corrected chi connectivity index (χ4v) is 5.86. The van der Waals surface area contributed by atoms with E-state index in [2.05, 4.69) is 5.32 Å². The molecule has 0 saturated heterocycles. The lowest BCUT2D eigenvalue weighted by molar-refractivity contribution is -0.139. The van der Waals surface area contributed by atoms with Crippen LogP contribution in [0.1, 0.15) is 68.4 Å². The molecule has 196 valence electrons. The molecular formula is C29H34N2O6. The maximum atomic E-state index is 13.7. The Morgan fingerprint density at radius 2 is 1.68 bits per heavy atom. The smallest absolute Gasteiger partial charge is 0.323 e. The van der Waals surface area contributed by atoms with E-state index in [1.54, 1.807) is 12.1 Å². The number of carbonyl (C=O) groups is 4. The van der Waals surface area contributed by atoms with E-state index >= 15 is 0 Å². The zero-order valence-electron chi connectivity index (χ0n) is 20.9. The lowest BCUT2D eigenvalue weighted by atomic mass is 9.78. The SMILES string of the molecule is O=C(O)CN1C(=O)C(NC(=O)C2(CCCC(C(=O)O)c3ccccc3)CCCC2)CCc2ccccc21. The second-order valence-electron chi connectivity index (χ2n) is 10.2. The molecule has 8 nitrogen and oxygen atoms in total. The van der Waals surface area contributed by atoms with Crippen LogP contribution in [0.2, 0.25) is 0 Å². The van der Waals surface area contributed by atoms with Crippen LogP contribution in [0.4, 0.5) is 5.69 Å². The number of fused-ring (bicyclic) bond motifs is 1. The summed E-state index contributed by atoms with van der Waals surface area (Å²) in [6.45, 7) is -0.469. The van der Waals surface area contributed by atoms with Crippen molar-refractivity contribution in [1.82, 2.24) is 5.32 Å². The molecule has 0 aromatic heterocycles. The minimum Gasteiger partial charge on any atom is -0.481 e. The molecule has 1 saturated carbocycles. The van der Waals surface area contributed by atoms with Crippen LogP contribution in [0.5, 0.6) is 0 Å². The number of aryl methyl sites for hydroxylation is 1. The first-order valence-electron chi connectivity index (χ1n) is 13.0. The van der Waals surface area contributed by atoms with Crippen molar-refractivity contribution >= 4 is 29.4 Å². The van der Waals surface area contributed by atoms with Gasteiger partial charge in [-0.1, -0.05) is 67.8 Å². The molecule has 2 aromatic rings. The van der Waals surface area contributed by atoms with Gasteiger partial charge in [-0.05, 0) is 55.7 Å². The highest BCUT2D eigenvalue weighted by molar-refractivity contribution is 6.03. The lowest BCUT2D eigenvalue weighted by Crippen LogP contribution is -2.52. The summed E-state index contributed by atoms with van der Waals surface area (Å²) < 4.78 is 0. The summed E-state index contributed by atoms with van der Waals surface area (Å²) >= 11 is 0. The number of benzene rings is 2. The predicted molar refractivity (Wildman–Crippen MR) is 138 cm³/mol. The molecule has 37 heavy (non-hydrogen) atoms. The third-order valence-corrected chi connectivity index (χ3v) is 7.84. The predicted octanol–water partition coefficient (Wildman–Crippen LogP) is 4.13. The highest BCUT2D eigenvalue weighted by Crippen LogP contribution is 2.43. The van der Waals surface area contributed by atoms with Gasteiger partial charge in [0.1, 0.15) is 12.6 Å². The Kier molecular flexibility index (Phi) is 8.26. The van der Waals surface area contributed by atoms with Gasteiger partial charge in [0.2, 0.25) is 11.8 Å². The second-order valence-corrected chi connectivity index (χ2v) is 10.2. The number of nitrogens with one attached hydrogen (secondary N) is 1. The van der Waals surface area contributed by atoms with Crippen molar-refractivity contribution in [3.05, 3.63) is 65.7 Å². The van der Waals surface area contributed by atoms with E-state index < -0.39 is 41.8 Å². The van der Waals surface area contributed by atoms with Crippen LogP contribution >= 0.6 is 0 Å². The molecular weight excluding hydrogens is 472 g/mol. The Morgan fingerprint density at radius 3 is 2.35 bits per heavy atom. The number of hydrogen-bond acceptors (Lipinski definition) is 4. The molecule has 2 aromatic carbocycles. The van der Waals surface area contributed by atoms with E-state index in [0.29, 0.717) is 50.6 Å². The maximum absolute atomic E-state index is 13.7. The van der Waals surface area contributed by atoms with E-state index in [1.807, 2.05) is 42.5 Å². The largest absolute Gasteiger partial charge is 0.481 e. The van der Waals surface area contributed by atoms with Crippen LogP contribution in [0.3, 0.4) is 0 Å². The normalized spacial score (nSPS) is 19.5. The van der Waals surface area contributed by atoms with Crippen molar-refractivity contribution in [1.29, 1.82) is 0 Å². The molecule has 2 atom stereocenters. The topological polar surface area (TPSA) is 124 Å². The average Bonchev–Trinajstić information content (AvgIpc) is 3.33. The number of rotatable bonds is 10. The van der Waals surface area contributed by atoms with Crippen LogP contribution in [0, 0.1) is 5.41 Å². The highest BCUT2D eigenvalue weighted by Gasteiger charge is 2.43. The van der Waals surface area contributed by atoms with E-state index in [1.165, 1.54) is 4.90 Å². The maximum Gasteiger partial charge on any atom is 0.323 e. The monoisotopic (exact) mass is 506 g/mol. The number of carbonyl (C=O) groups excluding carboxylic acids is 2. The molecule has 2 amide bonds. The molecule has 2 unspecified atom stereocenters. The van der Waals surface area contributed by atoms with Gasteiger partial charge >= 0.3 is 11.9 Å². The first-order valence-corrected chi connectivity index (χ1v) is 13.0. The summed E-state index contributed by atoms with van der Waals surface area (Å²) in [7, 11) is 0. The van der Waals surface area contributed by atoms with Gasteiger partial charge in [-0.15, -0.1) is 0 Å². The third kappa shape index (κ3) is 6.01. The Hall–Kier alpha value is -3.68. The number of para-hydroxylation sites is 1. The van der Waals surface area contributed by atoms with Gasteiger partial charge in [-0.25, -0.2) is 0 Å². The van der Waals surface area contributed by atoms with Gasteiger partial charge in [0.05, 0.1) is 5.92 Å². The third-order valence-electron chi connectivity index (χ3n) is 7.84. The molecule has 0 spiro atoms. The Morgan fingerprint density at radius 1 is 1.00 bits per heavy atom. The number of amides is 2. The molecule has 1 fully saturated rings. The summed E-state index contributed by atoms with van der Waals surface area (Å²) in [6, 6.07) is 15.6. The van der Waals surface area contributed by atoms with Crippen molar-refractivity contribution in [2.24, 2.45) is 5.41 Å². The first-order chi connectivity index (χ1) is 17.8. The molecule has 2 aliphatic rings. The number of anilines is 1. The number of carboxylic acid groups (broad SMARTS) is 2. The van der Waals surface area contributed by atoms with Crippen molar-refractivity contribution < 1.29 is 29.4 Å². The minimum absolute atomic E-state index is 0.184.